The molecule has 0 aliphatic heterocycles. The molecule has 3 N–H and O–H groups in total. The number of nitrogens with one attached hydrogen (secondary N) is 3. The van der Waals surface area contributed by atoms with Crippen LogP contribution in [0.15, 0.2) is 80.8 Å². The summed E-state index contributed by atoms with van der Waals surface area (Å²) in [6.07, 6.45) is 0. The van der Waals surface area contributed by atoms with E-state index in [0.717, 1.165) is 0 Å². The smallest absolute Gasteiger partial charge is 0.408 e. The van der Waals surface area contributed by atoms with Crippen molar-refractivity contribution in [2.75, 3.05) is 10.0 Å². The average Bonchev–Trinajstić information content (AvgIpc) is 3.13. The zero-order valence-corrected chi connectivity index (χ0v) is 17.5. The number of amides is 1. The first-order chi connectivity index (χ1) is 15.2. The average molecular weight is 451 g/mol. The molecule has 1 aromatic heterocycles. The van der Waals surface area contributed by atoms with E-state index in [2.05, 4.69) is 15.0 Å². The van der Waals surface area contributed by atoms with E-state index in [1.165, 1.54) is 55.5 Å². The van der Waals surface area contributed by atoms with Gasteiger partial charge in [-0.25, -0.2) is 13.2 Å². The molecule has 0 atom stereocenters. The van der Waals surface area contributed by atoms with Crippen molar-refractivity contribution in [1.82, 2.24) is 4.98 Å². The lowest BCUT2D eigenvalue weighted by Gasteiger charge is -2.10. The molecule has 0 saturated carbocycles. The third kappa shape index (κ3) is 4.44. The van der Waals surface area contributed by atoms with Crippen LogP contribution in [0.4, 0.5) is 11.4 Å². The molecule has 0 bridgehead atoms. The summed E-state index contributed by atoms with van der Waals surface area (Å²) in [5.41, 5.74) is 2.28. The number of hydrogen-bond acceptors (Lipinski definition) is 6. The van der Waals surface area contributed by atoms with E-state index in [1.807, 2.05) is 0 Å². The zero-order valence-electron chi connectivity index (χ0n) is 16.7. The standard InChI is InChI=1S/C22H17N3O6S/c1-13(26)14-4-9-18(10-5-14)32(29,30)25-16-6-2-15(3-7-16)21(27)23-17-8-11-20-19(12-17)24-22(28)31-20/h2-12,25H,1H3,(H,23,27)(H,24,28). The van der Waals surface area contributed by atoms with Crippen molar-refractivity contribution in [3.63, 3.8) is 0 Å². The molecule has 4 rings (SSSR count). The molecule has 9 nitrogen and oxygen atoms in total. The Morgan fingerprint density at radius 1 is 0.875 bits per heavy atom. The summed E-state index contributed by atoms with van der Waals surface area (Å²) in [4.78, 5) is 37.6. The Hall–Kier alpha value is -4.18. The molecule has 0 saturated heterocycles. The highest BCUT2D eigenvalue weighted by molar-refractivity contribution is 7.92. The molecule has 0 aliphatic carbocycles. The van der Waals surface area contributed by atoms with Gasteiger partial charge in [-0.1, -0.05) is 12.1 Å². The predicted octanol–water partition coefficient (Wildman–Crippen LogP) is 3.38. The molecule has 1 amide bonds. The van der Waals surface area contributed by atoms with Crippen molar-refractivity contribution < 1.29 is 22.4 Å². The van der Waals surface area contributed by atoms with Gasteiger partial charge in [0.05, 0.1) is 10.4 Å². The minimum atomic E-state index is -3.86. The lowest BCUT2D eigenvalue weighted by molar-refractivity contribution is 0.101. The highest BCUT2D eigenvalue weighted by Gasteiger charge is 2.15. The third-order valence-corrected chi connectivity index (χ3v) is 6.04. The number of benzene rings is 3. The van der Waals surface area contributed by atoms with Gasteiger partial charge < -0.3 is 9.73 Å². The molecule has 0 aliphatic rings. The molecule has 3 aromatic carbocycles. The largest absolute Gasteiger partial charge is 0.417 e. The number of H-pyrrole nitrogens is 1. The lowest BCUT2D eigenvalue weighted by Crippen LogP contribution is -2.14. The van der Waals surface area contributed by atoms with Crippen molar-refractivity contribution in [2.45, 2.75) is 11.8 Å². The summed E-state index contributed by atoms with van der Waals surface area (Å²) in [5.74, 6) is -1.16. The van der Waals surface area contributed by atoms with Crippen LogP contribution >= 0.6 is 0 Å². The normalized spacial score (nSPS) is 11.3. The Kier molecular flexibility index (Phi) is 5.37. The second kappa shape index (κ2) is 8.16. The fourth-order valence-electron chi connectivity index (χ4n) is 3.01. The molecular formula is C22H17N3O6S. The van der Waals surface area contributed by atoms with Gasteiger partial charge in [-0.15, -0.1) is 0 Å². The van der Waals surface area contributed by atoms with Gasteiger partial charge in [-0.3, -0.25) is 19.3 Å². The molecular weight excluding hydrogens is 434 g/mol. The van der Waals surface area contributed by atoms with Crippen LogP contribution < -0.4 is 15.8 Å². The highest BCUT2D eigenvalue weighted by atomic mass is 32.2. The fourth-order valence-corrected chi connectivity index (χ4v) is 4.06. The second-order valence-corrected chi connectivity index (χ2v) is 8.63. The molecule has 10 heteroatoms. The van der Waals surface area contributed by atoms with Gasteiger partial charge in [0.15, 0.2) is 11.4 Å². The van der Waals surface area contributed by atoms with Gasteiger partial charge in [-0.05, 0) is 61.5 Å². The Morgan fingerprint density at radius 3 is 2.16 bits per heavy atom. The molecule has 0 unspecified atom stereocenters. The van der Waals surface area contributed by atoms with E-state index in [9.17, 15) is 22.8 Å². The number of carbonyl (C=O) groups is 2. The minimum Gasteiger partial charge on any atom is -0.408 e. The molecule has 32 heavy (non-hydrogen) atoms. The van der Waals surface area contributed by atoms with E-state index in [4.69, 9.17) is 4.42 Å². The summed E-state index contributed by atoms with van der Waals surface area (Å²) < 4.78 is 32.4. The number of Topliss-reactive ketones (excluding diaryl/α,β-unsaturated/α-hetero) is 1. The summed E-state index contributed by atoms with van der Waals surface area (Å²) in [5, 5.41) is 2.70. The Balaban J connectivity index is 1.46. The SMILES string of the molecule is CC(=O)c1ccc(S(=O)(=O)Nc2ccc(C(=O)Nc3ccc4oc(=O)[nH]c4c3)cc2)cc1. The second-order valence-electron chi connectivity index (χ2n) is 6.94. The molecule has 0 fully saturated rings. The molecule has 162 valence electrons. The van der Waals surface area contributed by atoms with Crippen LogP contribution in [0.3, 0.4) is 0 Å². The molecule has 0 radical (unpaired) electrons. The Labute approximate surface area is 182 Å². The van der Waals surface area contributed by atoms with Gasteiger partial charge in [0.1, 0.15) is 0 Å². The highest BCUT2D eigenvalue weighted by Crippen LogP contribution is 2.20. The van der Waals surface area contributed by atoms with Crippen LogP contribution in [0.2, 0.25) is 0 Å². The van der Waals surface area contributed by atoms with E-state index >= 15 is 0 Å². The van der Waals surface area contributed by atoms with Crippen molar-refractivity contribution in [3.05, 3.63) is 88.4 Å². The third-order valence-electron chi connectivity index (χ3n) is 4.65. The van der Waals surface area contributed by atoms with Gasteiger partial charge in [0, 0.05) is 22.5 Å². The zero-order chi connectivity index (χ0) is 22.9. The van der Waals surface area contributed by atoms with Crippen molar-refractivity contribution in [1.29, 1.82) is 0 Å². The number of fused-ring (bicyclic) bond motifs is 1. The van der Waals surface area contributed by atoms with Crippen LogP contribution in [0.25, 0.3) is 11.1 Å². The number of hydrogen-bond donors (Lipinski definition) is 3. The minimum absolute atomic E-state index is 0.0111. The topological polar surface area (TPSA) is 138 Å². The van der Waals surface area contributed by atoms with Crippen LogP contribution in [-0.4, -0.2) is 25.1 Å². The van der Waals surface area contributed by atoms with Gasteiger partial charge in [0.2, 0.25) is 0 Å². The first-order valence-electron chi connectivity index (χ1n) is 9.39. The van der Waals surface area contributed by atoms with Crippen molar-refractivity contribution >= 4 is 44.2 Å². The first-order valence-corrected chi connectivity index (χ1v) is 10.9. The van der Waals surface area contributed by atoms with Crippen molar-refractivity contribution in [2.24, 2.45) is 0 Å². The maximum atomic E-state index is 12.5. The lowest BCUT2D eigenvalue weighted by atomic mass is 10.2. The Bertz CT molecular complexity index is 1480. The Morgan fingerprint density at radius 2 is 1.50 bits per heavy atom. The monoisotopic (exact) mass is 451 g/mol. The number of carbonyl (C=O) groups excluding carboxylic acids is 2. The summed E-state index contributed by atoms with van der Waals surface area (Å²) in [6, 6.07) is 16.2. The summed E-state index contributed by atoms with van der Waals surface area (Å²) in [7, 11) is -3.86. The number of aromatic amines is 1. The first kappa shape index (κ1) is 21.1. The van der Waals surface area contributed by atoms with E-state index in [1.54, 1.807) is 18.2 Å². The summed E-state index contributed by atoms with van der Waals surface area (Å²) >= 11 is 0. The van der Waals surface area contributed by atoms with Gasteiger partial charge in [0.25, 0.3) is 15.9 Å². The van der Waals surface area contributed by atoms with E-state index < -0.39 is 21.7 Å². The van der Waals surface area contributed by atoms with Crippen molar-refractivity contribution in [3.8, 4) is 0 Å². The number of ketones is 1. The van der Waals surface area contributed by atoms with Crippen LogP contribution in [0.1, 0.15) is 27.6 Å². The molecule has 4 aromatic rings. The maximum Gasteiger partial charge on any atom is 0.417 e. The maximum absolute atomic E-state index is 12.5. The van der Waals surface area contributed by atoms with E-state index in [0.29, 0.717) is 27.9 Å². The molecule has 0 spiro atoms. The van der Waals surface area contributed by atoms with Crippen LogP contribution in [0, 0.1) is 0 Å². The summed E-state index contributed by atoms with van der Waals surface area (Å²) in [6.45, 7) is 1.40. The van der Waals surface area contributed by atoms with Crippen LogP contribution in [-0.2, 0) is 10.0 Å². The van der Waals surface area contributed by atoms with E-state index in [-0.39, 0.29) is 16.4 Å². The molecule has 1 heterocycles. The fraction of sp³-hybridized carbons (Fsp3) is 0.0455. The quantitative estimate of drug-likeness (QED) is 0.384. The number of rotatable bonds is 6. The predicted molar refractivity (Wildman–Crippen MR) is 118 cm³/mol. The van der Waals surface area contributed by atoms with Gasteiger partial charge >= 0.3 is 5.76 Å². The van der Waals surface area contributed by atoms with Crippen LogP contribution in [0.5, 0.6) is 0 Å². The number of anilines is 2. The number of oxazole rings is 1. The number of aromatic nitrogens is 1. The van der Waals surface area contributed by atoms with Gasteiger partial charge in [-0.2, -0.15) is 0 Å². The number of sulfonamides is 1.